The molecule has 0 N–H and O–H groups in total. The molecular weight excluding hydrogens is 247 g/mol. The standard InChI is InChI=1S/C12H12Cl2O2/c13-10-2-1-8(11(14)6-10)5-9-7-16-4-3-12(9)15/h1-2,6,9H,3-5,7H2. The highest BCUT2D eigenvalue weighted by molar-refractivity contribution is 6.35. The van der Waals surface area contributed by atoms with Crippen molar-refractivity contribution >= 4 is 29.0 Å². The van der Waals surface area contributed by atoms with E-state index < -0.39 is 0 Å². The number of carbonyl (C=O) groups excluding carboxylic acids is 1. The van der Waals surface area contributed by atoms with Crippen LogP contribution in [0.4, 0.5) is 0 Å². The number of halogens is 2. The van der Waals surface area contributed by atoms with Crippen molar-refractivity contribution in [2.75, 3.05) is 13.2 Å². The molecule has 1 saturated heterocycles. The van der Waals surface area contributed by atoms with Gasteiger partial charge < -0.3 is 4.74 Å². The van der Waals surface area contributed by atoms with Gasteiger partial charge in [0.2, 0.25) is 0 Å². The van der Waals surface area contributed by atoms with E-state index >= 15 is 0 Å². The van der Waals surface area contributed by atoms with E-state index in [1.807, 2.05) is 6.07 Å². The fourth-order valence-electron chi connectivity index (χ4n) is 1.82. The lowest BCUT2D eigenvalue weighted by molar-refractivity contribution is -0.130. The van der Waals surface area contributed by atoms with E-state index in [9.17, 15) is 4.79 Å². The second kappa shape index (κ2) is 5.17. The highest BCUT2D eigenvalue weighted by Gasteiger charge is 2.23. The van der Waals surface area contributed by atoms with Crippen molar-refractivity contribution in [3.05, 3.63) is 33.8 Å². The molecule has 1 unspecified atom stereocenters. The van der Waals surface area contributed by atoms with Crippen LogP contribution in [0.3, 0.4) is 0 Å². The number of hydrogen-bond donors (Lipinski definition) is 0. The van der Waals surface area contributed by atoms with Gasteiger partial charge >= 0.3 is 0 Å². The molecule has 0 amide bonds. The van der Waals surface area contributed by atoms with Gasteiger partial charge in [0.25, 0.3) is 0 Å². The van der Waals surface area contributed by atoms with Crippen molar-refractivity contribution in [1.29, 1.82) is 0 Å². The summed E-state index contributed by atoms with van der Waals surface area (Å²) >= 11 is 11.9. The molecule has 0 aliphatic carbocycles. The van der Waals surface area contributed by atoms with Crippen LogP contribution >= 0.6 is 23.2 Å². The van der Waals surface area contributed by atoms with Crippen LogP contribution in [0.25, 0.3) is 0 Å². The summed E-state index contributed by atoms with van der Waals surface area (Å²) in [6.07, 6.45) is 1.14. The van der Waals surface area contributed by atoms with E-state index in [1.165, 1.54) is 0 Å². The van der Waals surface area contributed by atoms with Gasteiger partial charge in [0, 0.05) is 22.4 Å². The summed E-state index contributed by atoms with van der Waals surface area (Å²) in [5.74, 6) is 0.199. The second-order valence-electron chi connectivity index (χ2n) is 3.93. The summed E-state index contributed by atoms with van der Waals surface area (Å²) in [5.41, 5.74) is 0.954. The zero-order valence-electron chi connectivity index (χ0n) is 8.71. The molecule has 1 aromatic rings. The molecule has 0 spiro atoms. The molecule has 16 heavy (non-hydrogen) atoms. The molecule has 2 rings (SSSR count). The summed E-state index contributed by atoms with van der Waals surface area (Å²) in [5, 5.41) is 1.23. The van der Waals surface area contributed by atoms with Crippen molar-refractivity contribution in [3.8, 4) is 0 Å². The summed E-state index contributed by atoms with van der Waals surface area (Å²) < 4.78 is 5.30. The van der Waals surface area contributed by atoms with E-state index in [0.29, 0.717) is 36.1 Å². The van der Waals surface area contributed by atoms with Crippen LogP contribution in [-0.4, -0.2) is 19.0 Å². The molecule has 1 aliphatic heterocycles. The van der Waals surface area contributed by atoms with E-state index in [0.717, 1.165) is 5.56 Å². The molecule has 0 saturated carbocycles. The Morgan fingerprint density at radius 3 is 2.88 bits per heavy atom. The molecule has 1 atom stereocenters. The van der Waals surface area contributed by atoms with E-state index in [4.69, 9.17) is 27.9 Å². The van der Waals surface area contributed by atoms with Crippen LogP contribution in [0.5, 0.6) is 0 Å². The predicted octanol–water partition coefficient (Wildman–Crippen LogP) is 3.14. The van der Waals surface area contributed by atoms with Gasteiger partial charge in [-0.25, -0.2) is 0 Å². The number of hydrogen-bond acceptors (Lipinski definition) is 2. The minimum absolute atomic E-state index is 0.0626. The van der Waals surface area contributed by atoms with E-state index in [-0.39, 0.29) is 11.7 Å². The molecule has 1 aliphatic rings. The van der Waals surface area contributed by atoms with Crippen molar-refractivity contribution in [3.63, 3.8) is 0 Å². The molecule has 86 valence electrons. The Morgan fingerprint density at radius 1 is 1.38 bits per heavy atom. The van der Waals surface area contributed by atoms with Gasteiger partial charge in [0.1, 0.15) is 5.78 Å². The van der Waals surface area contributed by atoms with Gasteiger partial charge in [-0.15, -0.1) is 0 Å². The van der Waals surface area contributed by atoms with Crippen molar-refractivity contribution in [2.45, 2.75) is 12.8 Å². The molecule has 2 nitrogen and oxygen atoms in total. The third-order valence-corrected chi connectivity index (χ3v) is 3.34. The number of carbonyl (C=O) groups is 1. The first kappa shape index (κ1) is 11.9. The molecule has 0 bridgehead atoms. The third-order valence-electron chi connectivity index (χ3n) is 2.75. The van der Waals surface area contributed by atoms with Crippen LogP contribution in [0.2, 0.25) is 10.0 Å². The highest BCUT2D eigenvalue weighted by atomic mass is 35.5. The molecule has 0 radical (unpaired) electrons. The van der Waals surface area contributed by atoms with Gasteiger partial charge in [-0.1, -0.05) is 29.3 Å². The van der Waals surface area contributed by atoms with E-state index in [1.54, 1.807) is 12.1 Å². The van der Waals surface area contributed by atoms with Crippen LogP contribution < -0.4 is 0 Å². The summed E-state index contributed by atoms with van der Waals surface area (Å²) in [7, 11) is 0. The Labute approximate surface area is 104 Å². The van der Waals surface area contributed by atoms with Gasteiger partial charge in [-0.2, -0.15) is 0 Å². The average Bonchev–Trinajstić information content (AvgIpc) is 2.25. The molecule has 4 heteroatoms. The van der Waals surface area contributed by atoms with Crippen molar-refractivity contribution in [1.82, 2.24) is 0 Å². The predicted molar refractivity (Wildman–Crippen MR) is 64.1 cm³/mol. The van der Waals surface area contributed by atoms with Gasteiger partial charge in [0.05, 0.1) is 13.2 Å². The lowest BCUT2D eigenvalue weighted by Gasteiger charge is -2.21. The van der Waals surface area contributed by atoms with Gasteiger partial charge in [-0.3, -0.25) is 4.79 Å². The summed E-state index contributed by atoms with van der Waals surface area (Å²) in [6.45, 7) is 1.04. The topological polar surface area (TPSA) is 26.3 Å². The Bertz CT molecular complexity index is 404. The smallest absolute Gasteiger partial charge is 0.140 e. The lowest BCUT2D eigenvalue weighted by Crippen LogP contribution is -2.29. The van der Waals surface area contributed by atoms with Crippen LogP contribution in [-0.2, 0) is 16.0 Å². The first-order chi connectivity index (χ1) is 7.66. The first-order valence-electron chi connectivity index (χ1n) is 5.21. The molecular formula is C12H12Cl2O2. The maximum Gasteiger partial charge on any atom is 0.140 e. The van der Waals surface area contributed by atoms with Crippen molar-refractivity contribution in [2.24, 2.45) is 5.92 Å². The quantitative estimate of drug-likeness (QED) is 0.815. The number of benzene rings is 1. The maximum atomic E-state index is 11.6. The molecule has 1 fully saturated rings. The number of ether oxygens (including phenoxy) is 1. The Hall–Kier alpha value is -0.570. The fraction of sp³-hybridized carbons (Fsp3) is 0.417. The minimum Gasteiger partial charge on any atom is -0.380 e. The second-order valence-corrected chi connectivity index (χ2v) is 4.77. The SMILES string of the molecule is O=C1CCOCC1Cc1ccc(Cl)cc1Cl. The Kier molecular flexibility index (Phi) is 3.85. The Balaban J connectivity index is 2.10. The third kappa shape index (κ3) is 2.76. The zero-order chi connectivity index (χ0) is 11.5. The number of rotatable bonds is 2. The average molecular weight is 259 g/mol. The summed E-state index contributed by atoms with van der Waals surface area (Å²) in [4.78, 5) is 11.6. The molecule has 0 aromatic heterocycles. The molecule has 1 heterocycles. The summed E-state index contributed by atoms with van der Waals surface area (Å²) in [6, 6.07) is 5.36. The normalized spacial score (nSPS) is 21.1. The molecule has 1 aromatic carbocycles. The van der Waals surface area contributed by atoms with Crippen molar-refractivity contribution < 1.29 is 9.53 Å². The monoisotopic (exact) mass is 258 g/mol. The van der Waals surface area contributed by atoms with Gasteiger partial charge in [0.15, 0.2) is 0 Å². The van der Waals surface area contributed by atoms with E-state index in [2.05, 4.69) is 0 Å². The zero-order valence-corrected chi connectivity index (χ0v) is 10.2. The number of ketones is 1. The first-order valence-corrected chi connectivity index (χ1v) is 5.97. The Morgan fingerprint density at radius 2 is 2.19 bits per heavy atom. The minimum atomic E-state index is -0.0626. The fourth-order valence-corrected chi connectivity index (χ4v) is 2.31. The highest BCUT2D eigenvalue weighted by Crippen LogP contribution is 2.25. The maximum absolute atomic E-state index is 11.6. The largest absolute Gasteiger partial charge is 0.380 e. The van der Waals surface area contributed by atoms with Crippen LogP contribution in [0.15, 0.2) is 18.2 Å². The van der Waals surface area contributed by atoms with Gasteiger partial charge in [-0.05, 0) is 24.1 Å². The number of Topliss-reactive ketones (excluding diaryl/α,β-unsaturated/α-hetero) is 1. The van der Waals surface area contributed by atoms with Crippen LogP contribution in [0.1, 0.15) is 12.0 Å². The lowest BCUT2D eigenvalue weighted by atomic mass is 9.93. The van der Waals surface area contributed by atoms with Crippen LogP contribution in [0, 0.1) is 5.92 Å².